The summed E-state index contributed by atoms with van der Waals surface area (Å²) in [6.45, 7) is 6.51. The van der Waals surface area contributed by atoms with Gasteiger partial charge >= 0.3 is 0 Å². The SMILES string of the molecule is Nc1cc2c3c(c1)OCCN3CCO2.c1c[nH]c(N=Nc2cc3c4c(c2)OCCN4CCO3)n1. The summed E-state index contributed by atoms with van der Waals surface area (Å²) in [7, 11) is 0. The Hall–Kier alpha value is -4.15. The Morgan fingerprint density at radius 2 is 1.24 bits per heavy atom. The third-order valence-electron chi connectivity index (χ3n) is 5.94. The van der Waals surface area contributed by atoms with E-state index in [0.717, 1.165) is 73.8 Å². The second kappa shape index (κ2) is 8.65. The number of nitrogen functional groups attached to an aromatic ring is 1. The molecule has 176 valence electrons. The van der Waals surface area contributed by atoms with Crippen LogP contribution in [-0.4, -0.2) is 62.6 Å². The molecule has 0 saturated heterocycles. The number of aromatic nitrogens is 2. The largest absolute Gasteiger partial charge is 0.489 e. The fourth-order valence-electron chi connectivity index (χ4n) is 4.44. The number of hydrogen-bond acceptors (Lipinski definition) is 10. The molecule has 2 aromatic carbocycles. The van der Waals surface area contributed by atoms with Crippen LogP contribution in [0.15, 0.2) is 46.9 Å². The fourth-order valence-corrected chi connectivity index (χ4v) is 4.44. The Labute approximate surface area is 196 Å². The van der Waals surface area contributed by atoms with Gasteiger partial charge in [-0.05, 0) is 0 Å². The Kier molecular flexibility index (Phi) is 5.21. The van der Waals surface area contributed by atoms with Crippen molar-refractivity contribution in [2.75, 3.05) is 68.1 Å². The maximum Gasteiger partial charge on any atom is 0.246 e. The van der Waals surface area contributed by atoms with Crippen molar-refractivity contribution in [1.82, 2.24) is 9.97 Å². The van der Waals surface area contributed by atoms with Crippen molar-refractivity contribution < 1.29 is 18.9 Å². The third kappa shape index (κ3) is 3.89. The maximum absolute atomic E-state index is 5.75. The molecule has 0 bridgehead atoms. The van der Waals surface area contributed by atoms with Crippen molar-refractivity contribution in [3.05, 3.63) is 36.7 Å². The van der Waals surface area contributed by atoms with Gasteiger partial charge in [-0.3, -0.25) is 0 Å². The molecule has 0 amide bonds. The zero-order valence-corrected chi connectivity index (χ0v) is 18.6. The van der Waals surface area contributed by atoms with Gasteiger partial charge in [-0.2, -0.15) is 0 Å². The summed E-state index contributed by atoms with van der Waals surface area (Å²) in [5.74, 6) is 3.79. The van der Waals surface area contributed by atoms with Crippen LogP contribution < -0.4 is 34.5 Å². The molecule has 11 nitrogen and oxygen atoms in total. The first-order valence-corrected chi connectivity index (χ1v) is 11.3. The second-order valence-corrected chi connectivity index (χ2v) is 8.14. The van der Waals surface area contributed by atoms with Gasteiger partial charge < -0.3 is 39.5 Å². The molecule has 4 aliphatic heterocycles. The number of nitrogens with one attached hydrogen (secondary N) is 1. The highest BCUT2D eigenvalue weighted by Crippen LogP contribution is 2.45. The second-order valence-electron chi connectivity index (χ2n) is 8.14. The van der Waals surface area contributed by atoms with Gasteiger partial charge in [0.25, 0.3) is 0 Å². The predicted octanol–water partition coefficient (Wildman–Crippen LogP) is 3.28. The molecule has 11 heteroatoms. The maximum atomic E-state index is 5.75. The molecular formula is C23H25N7O4. The Bertz CT molecular complexity index is 1150. The van der Waals surface area contributed by atoms with Gasteiger partial charge in [0.1, 0.15) is 60.8 Å². The lowest BCUT2D eigenvalue weighted by molar-refractivity contribution is 0.263. The van der Waals surface area contributed by atoms with Gasteiger partial charge in [-0.15, -0.1) is 10.2 Å². The molecule has 0 atom stereocenters. The van der Waals surface area contributed by atoms with Crippen molar-refractivity contribution in [3.63, 3.8) is 0 Å². The van der Waals surface area contributed by atoms with Crippen LogP contribution in [0.1, 0.15) is 0 Å². The van der Waals surface area contributed by atoms with Crippen LogP contribution in [0.4, 0.5) is 28.7 Å². The van der Waals surface area contributed by atoms with Crippen molar-refractivity contribution in [1.29, 1.82) is 0 Å². The normalized spacial score (nSPS) is 17.3. The molecule has 3 aromatic rings. The van der Waals surface area contributed by atoms with Crippen LogP contribution >= 0.6 is 0 Å². The zero-order valence-electron chi connectivity index (χ0n) is 18.6. The molecule has 0 aliphatic carbocycles. The molecule has 0 spiro atoms. The van der Waals surface area contributed by atoms with Gasteiger partial charge in [0, 0.05) is 42.3 Å². The van der Waals surface area contributed by atoms with Crippen molar-refractivity contribution in [3.8, 4) is 23.0 Å². The standard InChI is InChI=1S/C13H13N5O2.C10H12N2O2/c1-2-15-13(14-1)17-16-9-7-10-12-11(8-9)20-6-4-18(12)3-5-19-10;11-7-5-8-10-9(6-7)14-4-2-12(10)1-3-13-8/h1-2,7-8H,3-6H2,(H,14,15);5-6H,1-4,11H2. The molecule has 0 unspecified atom stereocenters. The first-order valence-electron chi connectivity index (χ1n) is 11.3. The third-order valence-corrected chi connectivity index (χ3v) is 5.94. The van der Waals surface area contributed by atoms with Gasteiger partial charge in [-0.25, -0.2) is 4.98 Å². The van der Waals surface area contributed by atoms with Crippen molar-refractivity contribution in [2.24, 2.45) is 10.2 Å². The molecule has 3 N–H and O–H groups in total. The number of anilines is 3. The number of rotatable bonds is 2. The summed E-state index contributed by atoms with van der Waals surface area (Å²) in [6.07, 6.45) is 3.34. The summed E-state index contributed by atoms with van der Waals surface area (Å²) >= 11 is 0. The van der Waals surface area contributed by atoms with Crippen LogP contribution in [0.25, 0.3) is 0 Å². The van der Waals surface area contributed by atoms with Crippen LogP contribution in [0.5, 0.6) is 23.0 Å². The van der Waals surface area contributed by atoms with E-state index in [9.17, 15) is 0 Å². The Morgan fingerprint density at radius 3 is 1.71 bits per heavy atom. The van der Waals surface area contributed by atoms with E-state index in [0.29, 0.717) is 30.5 Å². The monoisotopic (exact) mass is 463 g/mol. The van der Waals surface area contributed by atoms with Gasteiger partial charge in [0.2, 0.25) is 5.95 Å². The molecule has 7 rings (SSSR count). The molecule has 0 saturated carbocycles. The van der Waals surface area contributed by atoms with Crippen LogP contribution in [0.3, 0.4) is 0 Å². The quantitative estimate of drug-likeness (QED) is 0.439. The molecule has 1 aromatic heterocycles. The van der Waals surface area contributed by atoms with Crippen LogP contribution in [0, 0.1) is 0 Å². The number of hydrogen-bond donors (Lipinski definition) is 2. The lowest BCUT2D eigenvalue weighted by atomic mass is 10.1. The molecule has 4 aliphatic rings. The topological polar surface area (TPSA) is 123 Å². The number of azo groups is 1. The van der Waals surface area contributed by atoms with Gasteiger partial charge in [0.05, 0.1) is 31.9 Å². The number of H-pyrrole nitrogens is 1. The highest BCUT2D eigenvalue weighted by atomic mass is 16.5. The van der Waals surface area contributed by atoms with E-state index in [1.165, 1.54) is 0 Å². The minimum atomic E-state index is 0.472. The summed E-state index contributed by atoms with van der Waals surface area (Å²) in [4.78, 5) is 11.4. The average molecular weight is 463 g/mol. The number of nitrogens with two attached hydrogens (primary N) is 1. The molecule has 5 heterocycles. The zero-order chi connectivity index (χ0) is 22.9. The van der Waals surface area contributed by atoms with E-state index in [2.05, 4.69) is 30.0 Å². The average Bonchev–Trinajstić information content (AvgIpc) is 3.38. The smallest absolute Gasteiger partial charge is 0.246 e. The Balaban J connectivity index is 0.000000136. The fraction of sp³-hybridized carbons (Fsp3) is 0.348. The molecule has 0 radical (unpaired) electrons. The molecule has 0 fully saturated rings. The Morgan fingerprint density at radius 1 is 0.735 bits per heavy atom. The van der Waals surface area contributed by atoms with E-state index in [1.54, 1.807) is 12.4 Å². The van der Waals surface area contributed by atoms with Crippen molar-refractivity contribution in [2.45, 2.75) is 0 Å². The number of aromatic amines is 1. The first-order chi connectivity index (χ1) is 16.7. The number of nitrogens with zero attached hydrogens (tertiary/aromatic N) is 5. The molecule has 34 heavy (non-hydrogen) atoms. The summed E-state index contributed by atoms with van der Waals surface area (Å²) in [5.41, 5.74) is 9.23. The van der Waals surface area contributed by atoms with Gasteiger partial charge in [-0.1, -0.05) is 0 Å². The summed E-state index contributed by atoms with van der Waals surface area (Å²) in [6, 6.07) is 7.48. The van der Waals surface area contributed by atoms with E-state index in [4.69, 9.17) is 24.7 Å². The number of imidazole rings is 1. The van der Waals surface area contributed by atoms with E-state index < -0.39 is 0 Å². The summed E-state index contributed by atoms with van der Waals surface area (Å²) < 4.78 is 22.5. The minimum Gasteiger partial charge on any atom is -0.489 e. The van der Waals surface area contributed by atoms with Crippen molar-refractivity contribution >= 4 is 28.7 Å². The molecular weight excluding hydrogens is 438 g/mol. The number of benzene rings is 2. The van der Waals surface area contributed by atoms with Crippen LogP contribution in [0.2, 0.25) is 0 Å². The lowest BCUT2D eigenvalue weighted by Gasteiger charge is -2.36. The summed E-state index contributed by atoms with van der Waals surface area (Å²) in [5, 5.41) is 8.20. The van der Waals surface area contributed by atoms with E-state index >= 15 is 0 Å². The minimum absolute atomic E-state index is 0.472. The van der Waals surface area contributed by atoms with Gasteiger partial charge in [0.15, 0.2) is 0 Å². The lowest BCUT2D eigenvalue weighted by Crippen LogP contribution is -2.39. The highest BCUT2D eigenvalue weighted by Gasteiger charge is 2.27. The van der Waals surface area contributed by atoms with Crippen LogP contribution in [-0.2, 0) is 0 Å². The van der Waals surface area contributed by atoms with E-state index in [1.807, 2.05) is 24.3 Å². The van der Waals surface area contributed by atoms with E-state index in [-0.39, 0.29) is 0 Å². The predicted molar refractivity (Wildman–Crippen MR) is 126 cm³/mol. The number of ether oxygens (including phenoxy) is 4. The highest BCUT2D eigenvalue weighted by molar-refractivity contribution is 5.75. The first kappa shape index (κ1) is 20.5.